The molecule has 3 rings (SSSR count). The van der Waals surface area contributed by atoms with Gasteiger partial charge in [-0.15, -0.1) is 0 Å². The molecular weight excluding hydrogens is 317 g/mol. The molecule has 7 heteroatoms. The Hall–Kier alpha value is -2.51. The van der Waals surface area contributed by atoms with Gasteiger partial charge in [0.2, 0.25) is 10.0 Å². The molecule has 2 aromatic carbocycles. The molecule has 1 heterocycles. The Morgan fingerprint density at radius 1 is 1.00 bits per heavy atom. The second kappa shape index (κ2) is 5.60. The van der Waals surface area contributed by atoms with Crippen LogP contribution >= 0.6 is 0 Å². The molecule has 0 unspecified atom stereocenters. The number of hydrogen-bond acceptors (Lipinski definition) is 3. The van der Waals surface area contributed by atoms with Crippen LogP contribution in [0.15, 0.2) is 59.6 Å². The number of benzene rings is 2. The monoisotopic (exact) mass is 331 g/mol. The van der Waals surface area contributed by atoms with Crippen LogP contribution in [0, 0.1) is 5.82 Å². The first kappa shape index (κ1) is 15.4. The van der Waals surface area contributed by atoms with Crippen molar-refractivity contribution >= 4 is 10.0 Å². The SMILES string of the molecule is Cn1cc(-c2ccc(F)cc2)c(-c2ccc(S(N)(=O)=O)cc2)n1. The fraction of sp³-hybridized carbons (Fsp3) is 0.0625. The van der Waals surface area contributed by atoms with Gasteiger partial charge in [0.25, 0.3) is 0 Å². The summed E-state index contributed by atoms with van der Waals surface area (Å²) < 4.78 is 37.4. The maximum absolute atomic E-state index is 13.1. The van der Waals surface area contributed by atoms with Gasteiger partial charge < -0.3 is 0 Å². The third kappa shape index (κ3) is 3.15. The summed E-state index contributed by atoms with van der Waals surface area (Å²) in [6, 6.07) is 12.3. The fourth-order valence-electron chi connectivity index (χ4n) is 2.34. The largest absolute Gasteiger partial charge is 0.275 e. The zero-order chi connectivity index (χ0) is 16.6. The molecule has 0 bridgehead atoms. The van der Waals surface area contributed by atoms with Crippen molar-refractivity contribution in [2.45, 2.75) is 4.90 Å². The first-order valence-electron chi connectivity index (χ1n) is 6.77. The van der Waals surface area contributed by atoms with Gasteiger partial charge in [0.15, 0.2) is 0 Å². The van der Waals surface area contributed by atoms with Crippen LogP contribution in [0.25, 0.3) is 22.4 Å². The van der Waals surface area contributed by atoms with Gasteiger partial charge >= 0.3 is 0 Å². The molecule has 0 fully saturated rings. The summed E-state index contributed by atoms with van der Waals surface area (Å²) >= 11 is 0. The lowest BCUT2D eigenvalue weighted by molar-refractivity contribution is 0.598. The Morgan fingerprint density at radius 2 is 1.57 bits per heavy atom. The lowest BCUT2D eigenvalue weighted by Crippen LogP contribution is -2.11. The van der Waals surface area contributed by atoms with Crippen LogP contribution in [-0.2, 0) is 17.1 Å². The highest BCUT2D eigenvalue weighted by Crippen LogP contribution is 2.31. The van der Waals surface area contributed by atoms with Crippen molar-refractivity contribution in [3.63, 3.8) is 0 Å². The maximum atomic E-state index is 13.1. The second-order valence-electron chi connectivity index (χ2n) is 5.14. The van der Waals surface area contributed by atoms with Crippen LogP contribution in [0.3, 0.4) is 0 Å². The van der Waals surface area contributed by atoms with Crippen LogP contribution in [0.4, 0.5) is 4.39 Å². The van der Waals surface area contributed by atoms with E-state index in [9.17, 15) is 12.8 Å². The molecule has 0 radical (unpaired) electrons. The molecule has 0 aliphatic rings. The van der Waals surface area contributed by atoms with E-state index in [4.69, 9.17) is 5.14 Å². The van der Waals surface area contributed by atoms with Crippen molar-refractivity contribution in [1.29, 1.82) is 0 Å². The zero-order valence-electron chi connectivity index (χ0n) is 12.3. The highest BCUT2D eigenvalue weighted by atomic mass is 32.2. The molecule has 0 saturated carbocycles. The van der Waals surface area contributed by atoms with Gasteiger partial charge in [-0.25, -0.2) is 17.9 Å². The average Bonchev–Trinajstić information content (AvgIpc) is 2.89. The highest BCUT2D eigenvalue weighted by Gasteiger charge is 2.14. The van der Waals surface area contributed by atoms with E-state index in [0.29, 0.717) is 5.69 Å². The van der Waals surface area contributed by atoms with Crippen LogP contribution in [0.1, 0.15) is 0 Å². The lowest BCUT2D eigenvalue weighted by atomic mass is 10.0. The summed E-state index contributed by atoms with van der Waals surface area (Å²) in [5.74, 6) is -0.309. The minimum absolute atomic E-state index is 0.0421. The molecule has 5 nitrogen and oxygen atoms in total. The van der Waals surface area contributed by atoms with Gasteiger partial charge in [-0.3, -0.25) is 4.68 Å². The summed E-state index contributed by atoms with van der Waals surface area (Å²) in [7, 11) is -1.94. The summed E-state index contributed by atoms with van der Waals surface area (Å²) in [6.07, 6.45) is 1.83. The van der Waals surface area contributed by atoms with E-state index in [-0.39, 0.29) is 10.7 Å². The molecule has 2 N–H and O–H groups in total. The number of halogens is 1. The van der Waals surface area contributed by atoms with Gasteiger partial charge in [-0.2, -0.15) is 5.10 Å². The number of rotatable bonds is 3. The van der Waals surface area contributed by atoms with E-state index in [1.54, 1.807) is 36.0 Å². The number of aryl methyl sites for hydroxylation is 1. The molecule has 118 valence electrons. The normalized spacial score (nSPS) is 11.6. The minimum Gasteiger partial charge on any atom is -0.275 e. The summed E-state index contributed by atoms with van der Waals surface area (Å²) in [5.41, 5.74) is 3.08. The average molecular weight is 331 g/mol. The molecule has 0 atom stereocenters. The molecular formula is C16H14FN3O2S. The van der Waals surface area contributed by atoms with E-state index >= 15 is 0 Å². The maximum Gasteiger partial charge on any atom is 0.238 e. The van der Waals surface area contributed by atoms with E-state index in [0.717, 1.165) is 16.7 Å². The van der Waals surface area contributed by atoms with Gasteiger partial charge in [0.1, 0.15) is 11.5 Å². The highest BCUT2D eigenvalue weighted by molar-refractivity contribution is 7.89. The molecule has 0 aliphatic heterocycles. The number of aromatic nitrogens is 2. The number of nitrogens with two attached hydrogens (primary N) is 1. The second-order valence-corrected chi connectivity index (χ2v) is 6.70. The number of sulfonamides is 1. The van der Waals surface area contributed by atoms with Crippen molar-refractivity contribution in [1.82, 2.24) is 9.78 Å². The first-order chi connectivity index (χ1) is 10.8. The van der Waals surface area contributed by atoms with Crippen molar-refractivity contribution in [2.75, 3.05) is 0 Å². The van der Waals surface area contributed by atoms with Crippen LogP contribution in [-0.4, -0.2) is 18.2 Å². The van der Waals surface area contributed by atoms with Crippen molar-refractivity contribution in [3.8, 4) is 22.4 Å². The van der Waals surface area contributed by atoms with Crippen LogP contribution < -0.4 is 5.14 Å². The topological polar surface area (TPSA) is 78.0 Å². The van der Waals surface area contributed by atoms with Crippen molar-refractivity contribution in [2.24, 2.45) is 12.2 Å². The summed E-state index contributed by atoms with van der Waals surface area (Å²) in [5, 5.41) is 9.52. The Balaban J connectivity index is 2.09. The Labute approximate surface area is 133 Å². The Morgan fingerprint density at radius 3 is 2.13 bits per heavy atom. The number of nitrogens with zero attached hydrogens (tertiary/aromatic N) is 2. The quantitative estimate of drug-likeness (QED) is 0.801. The Kier molecular flexibility index (Phi) is 3.75. The molecule has 3 aromatic rings. The number of hydrogen-bond donors (Lipinski definition) is 1. The van der Waals surface area contributed by atoms with Crippen LogP contribution in [0.5, 0.6) is 0 Å². The molecule has 0 amide bonds. The van der Waals surface area contributed by atoms with Crippen LogP contribution in [0.2, 0.25) is 0 Å². The van der Waals surface area contributed by atoms with E-state index in [1.807, 2.05) is 6.20 Å². The predicted molar refractivity (Wildman–Crippen MR) is 85.4 cm³/mol. The molecule has 0 saturated heterocycles. The summed E-state index contributed by atoms with van der Waals surface area (Å²) in [4.78, 5) is 0.0421. The van der Waals surface area contributed by atoms with E-state index < -0.39 is 10.0 Å². The minimum atomic E-state index is -3.73. The van der Waals surface area contributed by atoms with Gasteiger partial charge in [-0.1, -0.05) is 24.3 Å². The third-order valence-corrected chi connectivity index (χ3v) is 4.37. The number of primary sulfonamides is 1. The van der Waals surface area contributed by atoms with Crippen molar-refractivity contribution < 1.29 is 12.8 Å². The van der Waals surface area contributed by atoms with E-state index in [2.05, 4.69) is 5.10 Å². The molecule has 0 aliphatic carbocycles. The summed E-state index contributed by atoms with van der Waals surface area (Å²) in [6.45, 7) is 0. The first-order valence-corrected chi connectivity index (χ1v) is 8.32. The molecule has 0 spiro atoms. The Bertz CT molecular complexity index is 946. The predicted octanol–water partition coefficient (Wildman–Crippen LogP) is 2.54. The molecule has 1 aromatic heterocycles. The zero-order valence-corrected chi connectivity index (χ0v) is 13.1. The van der Waals surface area contributed by atoms with Gasteiger partial charge in [0.05, 0.1) is 4.90 Å². The smallest absolute Gasteiger partial charge is 0.238 e. The lowest BCUT2D eigenvalue weighted by Gasteiger charge is -2.04. The van der Waals surface area contributed by atoms with Crippen molar-refractivity contribution in [3.05, 3.63) is 60.5 Å². The third-order valence-electron chi connectivity index (χ3n) is 3.44. The molecule has 23 heavy (non-hydrogen) atoms. The fourth-order valence-corrected chi connectivity index (χ4v) is 2.86. The van der Waals surface area contributed by atoms with E-state index in [1.165, 1.54) is 24.3 Å². The standard InChI is InChI=1S/C16H14FN3O2S/c1-20-10-15(11-2-6-13(17)7-3-11)16(19-20)12-4-8-14(9-5-12)23(18,21)22/h2-10H,1H3,(H2,18,21,22). The van der Waals surface area contributed by atoms with Gasteiger partial charge in [-0.05, 0) is 29.8 Å². The van der Waals surface area contributed by atoms with Gasteiger partial charge in [0, 0.05) is 24.4 Å².